The van der Waals surface area contributed by atoms with Crippen LogP contribution in [0.4, 0.5) is 0 Å². The van der Waals surface area contributed by atoms with Crippen molar-refractivity contribution < 1.29 is 8.42 Å². The number of hydrogen-bond acceptors (Lipinski definition) is 3. The van der Waals surface area contributed by atoms with Gasteiger partial charge in [0.2, 0.25) is 10.0 Å². The van der Waals surface area contributed by atoms with Crippen molar-refractivity contribution in [3.63, 3.8) is 0 Å². The summed E-state index contributed by atoms with van der Waals surface area (Å²) >= 11 is 0. The van der Waals surface area contributed by atoms with Gasteiger partial charge in [-0.2, -0.15) is 0 Å². The molecule has 0 saturated carbocycles. The average molecular weight is 321 g/mol. The zero-order valence-electron chi connectivity index (χ0n) is 12.3. The van der Waals surface area contributed by atoms with Crippen LogP contribution in [0.2, 0.25) is 0 Å². The summed E-state index contributed by atoms with van der Waals surface area (Å²) in [5.41, 5.74) is 6.76. The Balaban J connectivity index is 0.00000361. The lowest BCUT2D eigenvalue weighted by molar-refractivity contribution is 0.571. The van der Waals surface area contributed by atoms with Crippen molar-refractivity contribution in [3.8, 4) is 0 Å². The van der Waals surface area contributed by atoms with Gasteiger partial charge in [0.25, 0.3) is 0 Å². The van der Waals surface area contributed by atoms with Gasteiger partial charge in [0.05, 0.1) is 4.90 Å². The fourth-order valence-corrected chi connectivity index (χ4v) is 2.76. The summed E-state index contributed by atoms with van der Waals surface area (Å²) in [6.45, 7) is 6.47. The van der Waals surface area contributed by atoms with Crippen LogP contribution < -0.4 is 10.5 Å². The summed E-state index contributed by atoms with van der Waals surface area (Å²) in [6, 6.07) is 7.09. The minimum atomic E-state index is -3.41. The Hall–Kier alpha value is -0.620. The summed E-state index contributed by atoms with van der Waals surface area (Å²) in [5.74, 6) is 0.447. The molecular weight excluding hydrogens is 296 g/mol. The maximum Gasteiger partial charge on any atom is 0.240 e. The molecule has 0 aliphatic carbocycles. The Bertz CT molecular complexity index is 486. The van der Waals surface area contributed by atoms with Gasteiger partial charge in [-0.05, 0) is 43.4 Å². The molecule has 0 spiro atoms. The van der Waals surface area contributed by atoms with Crippen LogP contribution in [0, 0.1) is 0 Å². The van der Waals surface area contributed by atoms with E-state index < -0.39 is 10.0 Å². The van der Waals surface area contributed by atoms with Crippen molar-refractivity contribution in [1.29, 1.82) is 0 Å². The maximum atomic E-state index is 12.0. The maximum absolute atomic E-state index is 12.0. The van der Waals surface area contributed by atoms with E-state index >= 15 is 0 Å². The number of nitrogens with one attached hydrogen (secondary N) is 1. The Morgan fingerprint density at radius 3 is 2.20 bits per heavy atom. The Kier molecular flexibility index (Phi) is 8.35. The van der Waals surface area contributed by atoms with Gasteiger partial charge in [0, 0.05) is 12.6 Å². The molecule has 0 aliphatic heterocycles. The molecule has 0 saturated heterocycles. The molecule has 2 unspecified atom stereocenters. The second kappa shape index (κ2) is 8.62. The summed E-state index contributed by atoms with van der Waals surface area (Å²) < 4.78 is 26.6. The first kappa shape index (κ1) is 19.4. The van der Waals surface area contributed by atoms with Gasteiger partial charge in [-0.15, -0.1) is 12.4 Å². The van der Waals surface area contributed by atoms with E-state index in [1.54, 1.807) is 12.1 Å². The van der Waals surface area contributed by atoms with Crippen molar-refractivity contribution in [2.75, 3.05) is 6.54 Å². The van der Waals surface area contributed by atoms with Crippen LogP contribution in [0.3, 0.4) is 0 Å². The summed E-state index contributed by atoms with van der Waals surface area (Å²) in [6.07, 6.45) is 1.67. The second-order valence-corrected chi connectivity index (χ2v) is 6.81. The van der Waals surface area contributed by atoms with E-state index in [-0.39, 0.29) is 18.4 Å². The first-order valence-electron chi connectivity index (χ1n) is 6.72. The molecule has 20 heavy (non-hydrogen) atoms. The van der Waals surface area contributed by atoms with Crippen molar-refractivity contribution in [3.05, 3.63) is 29.8 Å². The number of halogens is 1. The van der Waals surface area contributed by atoms with Gasteiger partial charge in [0.1, 0.15) is 0 Å². The van der Waals surface area contributed by atoms with Crippen molar-refractivity contribution in [1.82, 2.24) is 4.72 Å². The van der Waals surface area contributed by atoms with Crippen LogP contribution in [0.25, 0.3) is 0 Å². The van der Waals surface area contributed by atoms with Crippen LogP contribution in [-0.4, -0.2) is 21.0 Å². The topological polar surface area (TPSA) is 72.2 Å². The lowest BCUT2D eigenvalue weighted by Crippen LogP contribution is -2.29. The minimum Gasteiger partial charge on any atom is -0.328 e. The quantitative estimate of drug-likeness (QED) is 0.811. The van der Waals surface area contributed by atoms with Gasteiger partial charge in [-0.3, -0.25) is 0 Å². The molecule has 6 heteroatoms. The highest BCUT2D eigenvalue weighted by molar-refractivity contribution is 7.89. The molecule has 1 aromatic rings. The predicted molar refractivity (Wildman–Crippen MR) is 85.9 cm³/mol. The van der Waals surface area contributed by atoms with Gasteiger partial charge >= 0.3 is 0 Å². The van der Waals surface area contributed by atoms with E-state index in [0.29, 0.717) is 23.8 Å². The fraction of sp³-hybridized carbons (Fsp3) is 0.571. The van der Waals surface area contributed by atoms with E-state index in [4.69, 9.17) is 5.73 Å². The van der Waals surface area contributed by atoms with Crippen LogP contribution in [0.15, 0.2) is 29.2 Å². The fourth-order valence-electron chi connectivity index (χ4n) is 1.72. The average Bonchev–Trinajstić information content (AvgIpc) is 2.37. The summed E-state index contributed by atoms with van der Waals surface area (Å²) in [5, 5.41) is 0. The summed E-state index contributed by atoms with van der Waals surface area (Å²) in [4.78, 5) is 0.309. The number of rotatable bonds is 7. The first-order chi connectivity index (χ1) is 8.86. The number of hydrogen-bond donors (Lipinski definition) is 2. The van der Waals surface area contributed by atoms with E-state index in [9.17, 15) is 8.42 Å². The van der Waals surface area contributed by atoms with Crippen LogP contribution >= 0.6 is 12.4 Å². The van der Waals surface area contributed by atoms with Crippen LogP contribution in [0.5, 0.6) is 0 Å². The zero-order valence-corrected chi connectivity index (χ0v) is 13.9. The summed E-state index contributed by atoms with van der Waals surface area (Å²) in [7, 11) is -3.41. The normalized spacial score (nSPS) is 14.4. The van der Waals surface area contributed by atoms with E-state index in [0.717, 1.165) is 12.0 Å². The third kappa shape index (κ3) is 5.79. The molecule has 0 heterocycles. The third-order valence-corrected chi connectivity index (χ3v) is 4.74. The van der Waals surface area contributed by atoms with Gasteiger partial charge in [-0.25, -0.2) is 13.1 Å². The lowest BCUT2D eigenvalue weighted by Gasteiger charge is -2.11. The van der Waals surface area contributed by atoms with Crippen molar-refractivity contribution in [2.24, 2.45) is 5.73 Å². The van der Waals surface area contributed by atoms with E-state index in [2.05, 4.69) is 18.6 Å². The molecule has 0 radical (unpaired) electrons. The van der Waals surface area contributed by atoms with Crippen LogP contribution in [-0.2, 0) is 10.0 Å². The number of benzene rings is 1. The molecule has 3 N–H and O–H groups in total. The third-order valence-electron chi connectivity index (χ3n) is 3.26. The highest BCUT2D eigenvalue weighted by Gasteiger charge is 2.14. The highest BCUT2D eigenvalue weighted by atomic mass is 35.5. The number of sulfonamides is 1. The molecule has 1 rings (SSSR count). The molecule has 0 aromatic heterocycles. The number of nitrogens with two attached hydrogens (primary N) is 1. The standard InChI is InChI=1S/C14H24N2O2S.ClH/c1-4-11(2)13-5-7-14(8-6-13)19(17,18)16-10-9-12(3)15;/h5-8,11-12,16H,4,9-10,15H2,1-3H3;1H. The largest absolute Gasteiger partial charge is 0.328 e. The Morgan fingerprint density at radius 2 is 1.75 bits per heavy atom. The predicted octanol–water partition coefficient (Wildman–Crippen LogP) is 2.64. The molecule has 0 amide bonds. The molecule has 4 nitrogen and oxygen atoms in total. The van der Waals surface area contributed by atoms with Gasteiger partial charge in [0.15, 0.2) is 0 Å². The Morgan fingerprint density at radius 1 is 1.20 bits per heavy atom. The van der Waals surface area contributed by atoms with Crippen molar-refractivity contribution >= 4 is 22.4 Å². The molecular formula is C14H25ClN2O2S. The Labute approximate surface area is 128 Å². The van der Waals surface area contributed by atoms with Gasteiger partial charge in [-0.1, -0.05) is 26.0 Å². The molecule has 0 aliphatic rings. The molecule has 1 aromatic carbocycles. The smallest absolute Gasteiger partial charge is 0.240 e. The SMILES string of the molecule is CCC(C)c1ccc(S(=O)(=O)NCCC(C)N)cc1.Cl. The van der Waals surface area contributed by atoms with Gasteiger partial charge < -0.3 is 5.73 Å². The van der Waals surface area contributed by atoms with E-state index in [1.165, 1.54) is 0 Å². The van der Waals surface area contributed by atoms with E-state index in [1.807, 2.05) is 19.1 Å². The molecule has 0 fully saturated rings. The first-order valence-corrected chi connectivity index (χ1v) is 8.20. The lowest BCUT2D eigenvalue weighted by atomic mass is 9.99. The highest BCUT2D eigenvalue weighted by Crippen LogP contribution is 2.20. The molecule has 2 atom stereocenters. The van der Waals surface area contributed by atoms with Crippen LogP contribution in [0.1, 0.15) is 45.1 Å². The monoisotopic (exact) mass is 320 g/mol. The van der Waals surface area contributed by atoms with Crippen molar-refractivity contribution in [2.45, 2.75) is 50.5 Å². The molecule has 0 bridgehead atoms. The zero-order chi connectivity index (χ0) is 14.5. The minimum absolute atomic E-state index is 0. The molecule has 116 valence electrons. The second-order valence-electron chi connectivity index (χ2n) is 5.04.